The monoisotopic (exact) mass is 291 g/mol. The van der Waals surface area contributed by atoms with E-state index in [1.807, 2.05) is 55.6 Å². The van der Waals surface area contributed by atoms with E-state index in [2.05, 4.69) is 5.32 Å². The summed E-state index contributed by atoms with van der Waals surface area (Å²) < 4.78 is 11.0. The van der Waals surface area contributed by atoms with Gasteiger partial charge in [0, 0.05) is 6.54 Å². The summed E-state index contributed by atoms with van der Waals surface area (Å²) in [6.45, 7) is 1.49. The molecular weight excluding hydrogens is 274 g/mol. The third-order valence-corrected chi connectivity index (χ3v) is 3.08. The predicted molar refractivity (Wildman–Crippen MR) is 80.9 cm³/mol. The highest BCUT2D eigenvalue weighted by molar-refractivity contribution is 6.32. The third-order valence-electron chi connectivity index (χ3n) is 2.79. The van der Waals surface area contributed by atoms with Crippen molar-refractivity contribution in [3.05, 3.63) is 64.7 Å². The lowest BCUT2D eigenvalue weighted by Gasteiger charge is -2.10. The molecule has 0 unspecified atom stereocenters. The number of rotatable bonds is 7. The van der Waals surface area contributed by atoms with Gasteiger partial charge in [-0.05, 0) is 30.3 Å². The molecule has 0 fully saturated rings. The van der Waals surface area contributed by atoms with Crippen molar-refractivity contribution in [3.63, 3.8) is 0 Å². The van der Waals surface area contributed by atoms with Gasteiger partial charge in [-0.3, -0.25) is 0 Å². The zero-order valence-electron chi connectivity index (χ0n) is 11.4. The Labute approximate surface area is 124 Å². The van der Waals surface area contributed by atoms with Crippen LogP contribution in [-0.2, 0) is 17.9 Å². The van der Waals surface area contributed by atoms with Crippen LogP contribution in [0.1, 0.15) is 11.1 Å². The molecule has 0 saturated carbocycles. The highest BCUT2D eigenvalue weighted by Gasteiger charge is 2.03. The summed E-state index contributed by atoms with van der Waals surface area (Å²) in [5.74, 6) is 0.639. The van der Waals surface area contributed by atoms with Crippen LogP contribution in [0.3, 0.4) is 0 Å². The van der Waals surface area contributed by atoms with E-state index < -0.39 is 0 Å². The molecule has 0 aromatic heterocycles. The lowest BCUT2D eigenvalue weighted by Crippen LogP contribution is -2.06. The minimum Gasteiger partial charge on any atom is -0.466 e. The molecule has 20 heavy (non-hydrogen) atoms. The minimum absolute atomic E-state index is 0.181. The van der Waals surface area contributed by atoms with E-state index >= 15 is 0 Å². The van der Waals surface area contributed by atoms with E-state index in [4.69, 9.17) is 21.1 Å². The first-order valence-corrected chi connectivity index (χ1v) is 6.85. The number of hydrogen-bond acceptors (Lipinski definition) is 3. The van der Waals surface area contributed by atoms with Crippen LogP contribution in [0.2, 0.25) is 5.02 Å². The summed E-state index contributed by atoms with van der Waals surface area (Å²) in [5, 5.41) is 3.68. The highest BCUT2D eigenvalue weighted by Crippen LogP contribution is 2.25. The average Bonchev–Trinajstić information content (AvgIpc) is 2.47. The molecule has 2 aromatic carbocycles. The summed E-state index contributed by atoms with van der Waals surface area (Å²) in [6, 6.07) is 15.7. The molecule has 0 aliphatic heterocycles. The Hall–Kier alpha value is -1.55. The van der Waals surface area contributed by atoms with E-state index in [1.165, 1.54) is 0 Å². The van der Waals surface area contributed by atoms with E-state index in [9.17, 15) is 0 Å². The Balaban J connectivity index is 1.79. The van der Waals surface area contributed by atoms with Crippen molar-refractivity contribution in [3.8, 4) is 5.75 Å². The van der Waals surface area contributed by atoms with Crippen molar-refractivity contribution in [2.75, 3.05) is 13.8 Å². The van der Waals surface area contributed by atoms with Crippen LogP contribution < -0.4 is 10.1 Å². The fourth-order valence-electron chi connectivity index (χ4n) is 1.81. The predicted octanol–water partition coefficient (Wildman–Crippen LogP) is 3.61. The van der Waals surface area contributed by atoms with Crippen molar-refractivity contribution in [2.24, 2.45) is 0 Å². The zero-order valence-corrected chi connectivity index (χ0v) is 12.2. The standard InChI is InChI=1S/C16H18ClNO2/c1-18-10-14-7-8-16(15(17)9-14)20-12-19-11-13-5-3-2-4-6-13/h2-9,18H,10-12H2,1H3. The second-order valence-electron chi connectivity index (χ2n) is 4.39. The summed E-state index contributed by atoms with van der Waals surface area (Å²) >= 11 is 6.15. The summed E-state index contributed by atoms with van der Waals surface area (Å²) in [6.07, 6.45) is 0. The molecule has 0 radical (unpaired) electrons. The Kier molecular flexibility index (Phi) is 5.87. The van der Waals surface area contributed by atoms with Crippen molar-refractivity contribution >= 4 is 11.6 Å². The Morgan fingerprint density at radius 2 is 1.85 bits per heavy atom. The molecule has 3 nitrogen and oxygen atoms in total. The van der Waals surface area contributed by atoms with E-state index in [0.29, 0.717) is 17.4 Å². The molecule has 0 saturated heterocycles. The van der Waals surface area contributed by atoms with Crippen LogP contribution in [-0.4, -0.2) is 13.8 Å². The van der Waals surface area contributed by atoms with Gasteiger partial charge < -0.3 is 14.8 Å². The minimum atomic E-state index is 0.181. The van der Waals surface area contributed by atoms with Gasteiger partial charge in [0.05, 0.1) is 11.6 Å². The SMILES string of the molecule is CNCc1ccc(OCOCc2ccccc2)c(Cl)c1. The maximum Gasteiger partial charge on any atom is 0.189 e. The van der Waals surface area contributed by atoms with Crippen LogP contribution in [0.25, 0.3) is 0 Å². The smallest absolute Gasteiger partial charge is 0.189 e. The molecule has 0 spiro atoms. The lowest BCUT2D eigenvalue weighted by atomic mass is 10.2. The van der Waals surface area contributed by atoms with Crippen LogP contribution in [0.5, 0.6) is 5.75 Å². The molecule has 1 N–H and O–H groups in total. The van der Waals surface area contributed by atoms with Gasteiger partial charge in [0.15, 0.2) is 6.79 Å². The maximum absolute atomic E-state index is 6.15. The first-order valence-electron chi connectivity index (χ1n) is 6.47. The quantitative estimate of drug-likeness (QED) is 0.624. The van der Waals surface area contributed by atoms with Gasteiger partial charge in [0.1, 0.15) is 5.75 Å². The lowest BCUT2D eigenvalue weighted by molar-refractivity contribution is 0.00509. The zero-order chi connectivity index (χ0) is 14.2. The van der Waals surface area contributed by atoms with Crippen molar-refractivity contribution < 1.29 is 9.47 Å². The van der Waals surface area contributed by atoms with Gasteiger partial charge in [-0.15, -0.1) is 0 Å². The largest absolute Gasteiger partial charge is 0.466 e. The Bertz CT molecular complexity index is 531. The maximum atomic E-state index is 6.15. The van der Waals surface area contributed by atoms with Crippen LogP contribution in [0, 0.1) is 0 Å². The van der Waals surface area contributed by atoms with Crippen molar-refractivity contribution in [1.29, 1.82) is 0 Å². The number of halogens is 1. The summed E-state index contributed by atoms with van der Waals surface area (Å²) in [5.41, 5.74) is 2.24. The van der Waals surface area contributed by atoms with E-state index in [-0.39, 0.29) is 6.79 Å². The molecule has 0 aliphatic carbocycles. The molecule has 0 amide bonds. The fraction of sp³-hybridized carbons (Fsp3) is 0.250. The van der Waals surface area contributed by atoms with Crippen LogP contribution in [0.15, 0.2) is 48.5 Å². The topological polar surface area (TPSA) is 30.5 Å². The first kappa shape index (κ1) is 14.9. The number of hydrogen-bond donors (Lipinski definition) is 1. The molecule has 0 aliphatic rings. The Morgan fingerprint density at radius 3 is 2.55 bits per heavy atom. The summed E-state index contributed by atoms with van der Waals surface area (Å²) in [7, 11) is 1.90. The van der Waals surface area contributed by atoms with Gasteiger partial charge in [0.2, 0.25) is 0 Å². The molecule has 2 rings (SSSR count). The number of benzene rings is 2. The third kappa shape index (κ3) is 4.53. The van der Waals surface area contributed by atoms with Gasteiger partial charge >= 0.3 is 0 Å². The van der Waals surface area contributed by atoms with Gasteiger partial charge in [0.25, 0.3) is 0 Å². The van der Waals surface area contributed by atoms with E-state index in [1.54, 1.807) is 0 Å². The highest BCUT2D eigenvalue weighted by atomic mass is 35.5. The second-order valence-corrected chi connectivity index (χ2v) is 4.80. The first-order chi connectivity index (χ1) is 9.79. The molecule has 0 bridgehead atoms. The molecular formula is C16H18ClNO2. The van der Waals surface area contributed by atoms with Crippen molar-refractivity contribution in [1.82, 2.24) is 5.32 Å². The second kappa shape index (κ2) is 7.90. The van der Waals surface area contributed by atoms with Gasteiger partial charge in [-0.1, -0.05) is 48.0 Å². The molecule has 106 valence electrons. The number of ether oxygens (including phenoxy) is 2. The summed E-state index contributed by atoms with van der Waals surface area (Å²) in [4.78, 5) is 0. The number of nitrogens with one attached hydrogen (secondary N) is 1. The Morgan fingerprint density at radius 1 is 1.05 bits per heavy atom. The molecule has 4 heteroatoms. The van der Waals surface area contributed by atoms with Crippen LogP contribution in [0.4, 0.5) is 0 Å². The van der Waals surface area contributed by atoms with Gasteiger partial charge in [-0.2, -0.15) is 0 Å². The normalized spacial score (nSPS) is 10.5. The average molecular weight is 292 g/mol. The van der Waals surface area contributed by atoms with Crippen LogP contribution >= 0.6 is 11.6 Å². The van der Waals surface area contributed by atoms with Crippen molar-refractivity contribution in [2.45, 2.75) is 13.2 Å². The molecule has 0 atom stereocenters. The van der Waals surface area contributed by atoms with E-state index in [0.717, 1.165) is 17.7 Å². The fourth-order valence-corrected chi connectivity index (χ4v) is 2.07. The molecule has 2 aromatic rings. The molecule has 0 heterocycles. The van der Waals surface area contributed by atoms with Gasteiger partial charge in [-0.25, -0.2) is 0 Å².